The van der Waals surface area contributed by atoms with Gasteiger partial charge in [-0.05, 0) is 37.1 Å². The molecule has 3 aromatic rings. The molecule has 4 rings (SSSR count). The molecule has 2 heterocycles. The lowest BCUT2D eigenvalue weighted by Crippen LogP contribution is -2.38. The molecule has 1 aromatic heterocycles. The van der Waals surface area contributed by atoms with Crippen molar-refractivity contribution in [1.29, 1.82) is 0 Å². The van der Waals surface area contributed by atoms with Crippen LogP contribution in [0.15, 0.2) is 52.9 Å². The van der Waals surface area contributed by atoms with Gasteiger partial charge in [0.15, 0.2) is 5.58 Å². The molecular formula is C19H22Cl2N4O2. The Morgan fingerprint density at radius 2 is 1.74 bits per heavy atom. The number of fused-ring (bicyclic) bond motifs is 1. The molecule has 0 atom stereocenters. The Bertz CT molecular complexity index is 874. The number of carbonyl (C=O) groups excluding carboxylic acids is 1. The lowest BCUT2D eigenvalue weighted by molar-refractivity contribution is -0.120. The van der Waals surface area contributed by atoms with E-state index in [1.165, 1.54) is 0 Å². The van der Waals surface area contributed by atoms with Crippen molar-refractivity contribution in [3.8, 4) is 0 Å². The Balaban J connectivity index is 0.00000131. The first-order chi connectivity index (χ1) is 12.2. The fourth-order valence-electron chi connectivity index (χ4n) is 3.17. The second-order valence-corrected chi connectivity index (χ2v) is 6.30. The van der Waals surface area contributed by atoms with Crippen LogP contribution in [-0.4, -0.2) is 24.0 Å². The van der Waals surface area contributed by atoms with Crippen LogP contribution in [0.25, 0.3) is 11.1 Å². The summed E-state index contributed by atoms with van der Waals surface area (Å²) in [6, 6.07) is 15.7. The number of nitrogen functional groups attached to an aromatic ring is 1. The third kappa shape index (κ3) is 4.46. The molecule has 27 heavy (non-hydrogen) atoms. The van der Waals surface area contributed by atoms with Crippen LogP contribution in [-0.2, 0) is 4.79 Å². The van der Waals surface area contributed by atoms with E-state index in [0.717, 1.165) is 37.0 Å². The first-order valence-electron chi connectivity index (χ1n) is 8.46. The Morgan fingerprint density at radius 1 is 1.07 bits per heavy atom. The molecule has 1 aliphatic rings. The highest BCUT2D eigenvalue weighted by Crippen LogP contribution is 2.27. The van der Waals surface area contributed by atoms with Gasteiger partial charge in [0.2, 0.25) is 5.91 Å². The Hall–Kier alpha value is -2.44. The quantitative estimate of drug-likeness (QED) is 0.636. The summed E-state index contributed by atoms with van der Waals surface area (Å²) < 4.78 is 5.81. The summed E-state index contributed by atoms with van der Waals surface area (Å²) in [6.45, 7) is 1.49. The van der Waals surface area contributed by atoms with Gasteiger partial charge in [-0.3, -0.25) is 4.79 Å². The van der Waals surface area contributed by atoms with Crippen LogP contribution >= 0.6 is 24.8 Å². The molecule has 8 heteroatoms. The van der Waals surface area contributed by atoms with Crippen molar-refractivity contribution in [2.75, 3.05) is 29.0 Å². The Morgan fingerprint density at radius 3 is 2.44 bits per heavy atom. The lowest BCUT2D eigenvalue weighted by Gasteiger charge is -2.30. The number of benzene rings is 2. The number of para-hydroxylation sites is 4. The molecule has 0 radical (unpaired) electrons. The molecule has 6 nitrogen and oxygen atoms in total. The van der Waals surface area contributed by atoms with Crippen LogP contribution in [0.5, 0.6) is 0 Å². The zero-order valence-electron chi connectivity index (χ0n) is 14.6. The monoisotopic (exact) mass is 408 g/mol. The molecule has 0 saturated carbocycles. The zero-order chi connectivity index (χ0) is 17.2. The molecular weight excluding hydrogens is 387 g/mol. The topological polar surface area (TPSA) is 84.4 Å². The maximum atomic E-state index is 12.5. The summed E-state index contributed by atoms with van der Waals surface area (Å²) in [4.78, 5) is 19.1. The van der Waals surface area contributed by atoms with Crippen LogP contribution in [0.3, 0.4) is 0 Å². The minimum atomic E-state index is -0.0276. The molecule has 2 aromatic carbocycles. The van der Waals surface area contributed by atoms with E-state index in [4.69, 9.17) is 10.2 Å². The third-order valence-corrected chi connectivity index (χ3v) is 4.64. The third-order valence-electron chi connectivity index (χ3n) is 4.64. The highest BCUT2D eigenvalue weighted by atomic mass is 35.5. The number of rotatable bonds is 3. The average molecular weight is 409 g/mol. The van der Waals surface area contributed by atoms with Crippen molar-refractivity contribution < 1.29 is 9.21 Å². The van der Waals surface area contributed by atoms with Gasteiger partial charge in [0, 0.05) is 19.0 Å². The number of hydrogen-bond acceptors (Lipinski definition) is 5. The van der Waals surface area contributed by atoms with Gasteiger partial charge in [-0.25, -0.2) is 0 Å². The van der Waals surface area contributed by atoms with E-state index in [-0.39, 0.29) is 36.6 Å². The van der Waals surface area contributed by atoms with Crippen molar-refractivity contribution in [3.63, 3.8) is 0 Å². The predicted octanol–water partition coefficient (Wildman–Crippen LogP) is 4.11. The second-order valence-electron chi connectivity index (χ2n) is 6.30. The number of nitrogens with two attached hydrogens (primary N) is 1. The van der Waals surface area contributed by atoms with E-state index in [0.29, 0.717) is 17.4 Å². The molecule has 1 amide bonds. The molecule has 1 saturated heterocycles. The summed E-state index contributed by atoms with van der Waals surface area (Å²) in [5, 5.41) is 2.93. The minimum Gasteiger partial charge on any atom is -0.423 e. The summed E-state index contributed by atoms with van der Waals surface area (Å²) >= 11 is 0. The predicted molar refractivity (Wildman–Crippen MR) is 113 cm³/mol. The maximum absolute atomic E-state index is 12.5. The van der Waals surface area contributed by atoms with Gasteiger partial charge < -0.3 is 20.4 Å². The van der Waals surface area contributed by atoms with Crippen molar-refractivity contribution >= 4 is 59.2 Å². The standard InChI is InChI=1S/C19H20N4O2.2ClH/c20-14-5-1-2-6-15(14)21-18(24)13-9-11-23(12-10-13)19-22-16-7-3-4-8-17(16)25-19;;/h1-8,13H,9-12,20H2,(H,21,24);2*1H. The SMILES string of the molecule is Cl.Cl.Nc1ccccc1NC(=O)C1CCN(c2nc3ccccc3o2)CC1. The molecule has 0 bridgehead atoms. The van der Waals surface area contributed by atoms with Crippen LogP contribution in [0.1, 0.15) is 12.8 Å². The van der Waals surface area contributed by atoms with E-state index in [1.54, 1.807) is 6.07 Å². The highest BCUT2D eigenvalue weighted by molar-refractivity contribution is 5.95. The zero-order valence-corrected chi connectivity index (χ0v) is 16.3. The van der Waals surface area contributed by atoms with Crippen LogP contribution in [0.2, 0.25) is 0 Å². The van der Waals surface area contributed by atoms with Gasteiger partial charge in [0.25, 0.3) is 6.01 Å². The van der Waals surface area contributed by atoms with E-state index < -0.39 is 0 Å². The largest absolute Gasteiger partial charge is 0.423 e. The number of carbonyl (C=O) groups is 1. The smallest absolute Gasteiger partial charge is 0.298 e. The average Bonchev–Trinajstić information content (AvgIpc) is 3.08. The van der Waals surface area contributed by atoms with Crippen LogP contribution in [0, 0.1) is 5.92 Å². The van der Waals surface area contributed by atoms with Gasteiger partial charge in [-0.15, -0.1) is 24.8 Å². The van der Waals surface area contributed by atoms with Gasteiger partial charge in [-0.2, -0.15) is 4.98 Å². The number of hydrogen-bond donors (Lipinski definition) is 2. The normalized spacial score (nSPS) is 14.3. The molecule has 144 valence electrons. The summed E-state index contributed by atoms with van der Waals surface area (Å²) in [7, 11) is 0. The van der Waals surface area contributed by atoms with Crippen molar-refractivity contribution in [2.45, 2.75) is 12.8 Å². The number of nitrogens with zero attached hydrogens (tertiary/aromatic N) is 2. The first-order valence-corrected chi connectivity index (χ1v) is 8.46. The van der Waals surface area contributed by atoms with E-state index >= 15 is 0 Å². The van der Waals surface area contributed by atoms with Gasteiger partial charge in [0.05, 0.1) is 11.4 Å². The number of nitrogens with one attached hydrogen (secondary N) is 1. The summed E-state index contributed by atoms with van der Waals surface area (Å²) in [5.41, 5.74) is 8.79. The lowest BCUT2D eigenvalue weighted by atomic mass is 9.96. The molecule has 0 unspecified atom stereocenters. The van der Waals surface area contributed by atoms with E-state index in [1.807, 2.05) is 42.5 Å². The second kappa shape index (κ2) is 8.97. The van der Waals surface area contributed by atoms with Crippen LogP contribution < -0.4 is 16.0 Å². The van der Waals surface area contributed by atoms with Crippen molar-refractivity contribution in [2.24, 2.45) is 5.92 Å². The van der Waals surface area contributed by atoms with Crippen molar-refractivity contribution in [3.05, 3.63) is 48.5 Å². The number of piperidine rings is 1. The number of amides is 1. The van der Waals surface area contributed by atoms with Crippen molar-refractivity contribution in [1.82, 2.24) is 4.98 Å². The van der Waals surface area contributed by atoms with Gasteiger partial charge in [0.1, 0.15) is 5.52 Å². The molecule has 0 spiro atoms. The molecule has 0 aliphatic carbocycles. The van der Waals surface area contributed by atoms with E-state index in [9.17, 15) is 4.79 Å². The first kappa shape index (κ1) is 20.9. The number of halogens is 2. The van der Waals surface area contributed by atoms with E-state index in [2.05, 4.69) is 15.2 Å². The molecule has 1 aliphatic heterocycles. The number of anilines is 3. The van der Waals surface area contributed by atoms with Gasteiger partial charge >= 0.3 is 0 Å². The molecule has 1 fully saturated rings. The Labute approximate surface area is 169 Å². The minimum absolute atomic E-state index is 0. The summed E-state index contributed by atoms with van der Waals surface area (Å²) in [5.74, 6) is -0.00431. The molecule has 3 N–H and O–H groups in total. The van der Waals surface area contributed by atoms with Crippen LogP contribution in [0.4, 0.5) is 17.4 Å². The highest BCUT2D eigenvalue weighted by Gasteiger charge is 2.27. The Kier molecular flexibility index (Phi) is 6.93. The maximum Gasteiger partial charge on any atom is 0.298 e. The fraction of sp³-hybridized carbons (Fsp3) is 0.263. The van der Waals surface area contributed by atoms with Gasteiger partial charge in [-0.1, -0.05) is 24.3 Å². The fourth-order valence-corrected chi connectivity index (χ4v) is 3.17. The number of aromatic nitrogens is 1. The number of oxazole rings is 1. The summed E-state index contributed by atoms with van der Waals surface area (Å²) in [6.07, 6.45) is 1.52.